The topological polar surface area (TPSA) is 103 Å². The van der Waals surface area contributed by atoms with Gasteiger partial charge in [-0.05, 0) is 11.6 Å². The third-order valence-electron chi connectivity index (χ3n) is 3.07. The van der Waals surface area contributed by atoms with E-state index in [2.05, 4.69) is 10.4 Å². The Morgan fingerprint density at radius 3 is 2.70 bits per heavy atom. The molecule has 0 saturated carbocycles. The predicted octanol–water partition coefficient (Wildman–Crippen LogP) is 2.68. The van der Waals surface area contributed by atoms with Gasteiger partial charge in [0, 0.05) is 12.3 Å². The van der Waals surface area contributed by atoms with E-state index in [4.69, 9.17) is 4.42 Å². The smallest absolute Gasteiger partial charge is 0.395 e. The van der Waals surface area contributed by atoms with Crippen LogP contribution in [0.2, 0.25) is 0 Å². The van der Waals surface area contributed by atoms with Crippen LogP contribution >= 0.6 is 0 Å². The predicted molar refractivity (Wildman–Crippen MR) is 81.1 cm³/mol. The van der Waals surface area contributed by atoms with Crippen molar-refractivity contribution in [2.75, 3.05) is 5.32 Å². The molecule has 1 aromatic carbocycles. The molecule has 0 aliphatic heterocycles. The summed E-state index contributed by atoms with van der Waals surface area (Å²) < 4.78 is 6.51. The SMILES string of the molecule is O=C(Nc1ccn(Cc2ccccc2)n1)c1ccc([N+](=O)[O-])o1. The summed E-state index contributed by atoms with van der Waals surface area (Å²) in [5.41, 5.74) is 1.08. The van der Waals surface area contributed by atoms with Crippen LogP contribution in [0.25, 0.3) is 0 Å². The Kier molecular flexibility index (Phi) is 3.88. The second-order valence-corrected chi connectivity index (χ2v) is 4.73. The molecule has 0 fully saturated rings. The molecule has 2 heterocycles. The lowest BCUT2D eigenvalue weighted by atomic mass is 10.2. The van der Waals surface area contributed by atoms with Gasteiger partial charge in [0.25, 0.3) is 5.91 Å². The van der Waals surface area contributed by atoms with Gasteiger partial charge in [0.05, 0.1) is 12.6 Å². The summed E-state index contributed by atoms with van der Waals surface area (Å²) in [7, 11) is 0. The molecule has 0 aliphatic carbocycles. The zero-order chi connectivity index (χ0) is 16.2. The van der Waals surface area contributed by atoms with Crippen molar-refractivity contribution in [2.24, 2.45) is 0 Å². The van der Waals surface area contributed by atoms with Gasteiger partial charge in [0.1, 0.15) is 4.92 Å². The van der Waals surface area contributed by atoms with Crippen molar-refractivity contribution in [3.63, 3.8) is 0 Å². The summed E-state index contributed by atoms with van der Waals surface area (Å²) in [6.07, 6.45) is 1.73. The molecule has 0 atom stereocenters. The molecular weight excluding hydrogens is 300 g/mol. The van der Waals surface area contributed by atoms with Gasteiger partial charge in [-0.2, -0.15) is 5.10 Å². The van der Waals surface area contributed by atoms with Crippen LogP contribution in [-0.2, 0) is 6.54 Å². The number of rotatable bonds is 5. The highest BCUT2D eigenvalue weighted by atomic mass is 16.6. The number of anilines is 1. The van der Waals surface area contributed by atoms with Crippen molar-refractivity contribution < 1.29 is 14.1 Å². The average Bonchev–Trinajstić information content (AvgIpc) is 3.18. The van der Waals surface area contributed by atoms with E-state index in [-0.39, 0.29) is 5.76 Å². The molecule has 8 nitrogen and oxygen atoms in total. The van der Waals surface area contributed by atoms with Crippen molar-refractivity contribution >= 4 is 17.6 Å². The van der Waals surface area contributed by atoms with Crippen molar-refractivity contribution in [1.29, 1.82) is 0 Å². The minimum atomic E-state index is -0.703. The first-order chi connectivity index (χ1) is 11.1. The molecule has 2 aromatic heterocycles. The Morgan fingerprint density at radius 2 is 2.00 bits per heavy atom. The first-order valence-electron chi connectivity index (χ1n) is 6.75. The van der Waals surface area contributed by atoms with Crippen LogP contribution in [0.4, 0.5) is 11.7 Å². The lowest BCUT2D eigenvalue weighted by Crippen LogP contribution is -2.12. The van der Waals surface area contributed by atoms with Crippen molar-refractivity contribution in [1.82, 2.24) is 9.78 Å². The second kappa shape index (κ2) is 6.14. The van der Waals surface area contributed by atoms with Crippen molar-refractivity contribution in [2.45, 2.75) is 6.54 Å². The number of nitrogens with one attached hydrogen (secondary N) is 1. The number of carbonyl (C=O) groups excluding carboxylic acids is 1. The van der Waals surface area contributed by atoms with Gasteiger partial charge in [-0.1, -0.05) is 30.3 Å². The number of aromatic nitrogens is 2. The Labute approximate surface area is 130 Å². The lowest BCUT2D eigenvalue weighted by molar-refractivity contribution is -0.402. The third-order valence-corrected chi connectivity index (χ3v) is 3.07. The van der Waals surface area contributed by atoms with E-state index in [0.29, 0.717) is 12.4 Å². The molecule has 0 radical (unpaired) electrons. The first kappa shape index (κ1) is 14.5. The van der Waals surface area contributed by atoms with Gasteiger partial charge in [-0.3, -0.25) is 19.6 Å². The summed E-state index contributed by atoms with van der Waals surface area (Å²) >= 11 is 0. The number of benzene rings is 1. The van der Waals surface area contributed by atoms with Gasteiger partial charge in [-0.15, -0.1) is 0 Å². The van der Waals surface area contributed by atoms with E-state index in [0.717, 1.165) is 11.6 Å². The minimum Gasteiger partial charge on any atom is -0.395 e. The van der Waals surface area contributed by atoms with Gasteiger partial charge < -0.3 is 9.73 Å². The third kappa shape index (κ3) is 3.43. The number of hydrogen-bond acceptors (Lipinski definition) is 5. The highest BCUT2D eigenvalue weighted by Crippen LogP contribution is 2.16. The van der Waals surface area contributed by atoms with Crippen LogP contribution in [-0.4, -0.2) is 20.6 Å². The van der Waals surface area contributed by atoms with Crippen LogP contribution < -0.4 is 5.32 Å². The molecule has 0 aliphatic rings. The van der Waals surface area contributed by atoms with Gasteiger partial charge in [-0.25, -0.2) is 0 Å². The van der Waals surface area contributed by atoms with Gasteiger partial charge in [0.15, 0.2) is 11.6 Å². The molecule has 8 heteroatoms. The van der Waals surface area contributed by atoms with Gasteiger partial charge >= 0.3 is 5.88 Å². The fourth-order valence-electron chi connectivity index (χ4n) is 2.01. The van der Waals surface area contributed by atoms with Crippen LogP contribution in [0.5, 0.6) is 0 Å². The van der Waals surface area contributed by atoms with E-state index in [1.54, 1.807) is 16.9 Å². The maximum Gasteiger partial charge on any atom is 0.433 e. The molecule has 0 bridgehead atoms. The maximum absolute atomic E-state index is 11.9. The lowest BCUT2D eigenvalue weighted by Gasteiger charge is -2.01. The van der Waals surface area contributed by atoms with E-state index in [9.17, 15) is 14.9 Å². The summed E-state index contributed by atoms with van der Waals surface area (Å²) in [5, 5.41) is 17.3. The van der Waals surface area contributed by atoms with E-state index in [1.165, 1.54) is 6.07 Å². The number of hydrogen-bond donors (Lipinski definition) is 1. The summed E-state index contributed by atoms with van der Waals surface area (Å²) in [4.78, 5) is 21.8. The molecule has 0 spiro atoms. The molecule has 1 N–H and O–H groups in total. The van der Waals surface area contributed by atoms with Crippen LogP contribution in [0.3, 0.4) is 0 Å². The molecule has 0 saturated heterocycles. The van der Waals surface area contributed by atoms with Crippen LogP contribution in [0.15, 0.2) is 59.1 Å². The number of carbonyl (C=O) groups is 1. The first-order valence-corrected chi connectivity index (χ1v) is 6.75. The number of furan rings is 1. The molecular formula is C15H12N4O4. The standard InChI is InChI=1S/C15H12N4O4/c20-15(12-6-7-14(23-12)19(21)22)16-13-8-9-18(17-13)10-11-4-2-1-3-5-11/h1-9H,10H2,(H,16,17,20). The van der Waals surface area contributed by atoms with Crippen molar-refractivity contribution in [3.8, 4) is 0 Å². The molecule has 23 heavy (non-hydrogen) atoms. The highest BCUT2D eigenvalue weighted by molar-refractivity contribution is 6.01. The Hall–Kier alpha value is -3.42. The van der Waals surface area contributed by atoms with Crippen LogP contribution in [0, 0.1) is 10.1 Å². The molecule has 116 valence electrons. The number of nitrogens with zero attached hydrogens (tertiary/aromatic N) is 3. The Balaban J connectivity index is 1.66. The fraction of sp³-hybridized carbons (Fsp3) is 0.0667. The van der Waals surface area contributed by atoms with E-state index < -0.39 is 16.7 Å². The van der Waals surface area contributed by atoms with Crippen LogP contribution in [0.1, 0.15) is 16.1 Å². The summed E-state index contributed by atoms with van der Waals surface area (Å²) in [5.74, 6) is -0.882. The summed E-state index contributed by atoms with van der Waals surface area (Å²) in [6, 6.07) is 13.8. The maximum atomic E-state index is 11.9. The average molecular weight is 312 g/mol. The van der Waals surface area contributed by atoms with E-state index >= 15 is 0 Å². The second-order valence-electron chi connectivity index (χ2n) is 4.73. The number of nitro groups is 1. The fourth-order valence-corrected chi connectivity index (χ4v) is 2.01. The summed E-state index contributed by atoms with van der Waals surface area (Å²) in [6.45, 7) is 0.572. The minimum absolute atomic E-state index is 0.144. The zero-order valence-corrected chi connectivity index (χ0v) is 11.9. The largest absolute Gasteiger partial charge is 0.433 e. The van der Waals surface area contributed by atoms with Gasteiger partial charge in [0.2, 0.25) is 0 Å². The van der Waals surface area contributed by atoms with E-state index in [1.807, 2.05) is 30.3 Å². The molecule has 3 aromatic rings. The number of amides is 1. The highest BCUT2D eigenvalue weighted by Gasteiger charge is 2.17. The Bertz CT molecular complexity index is 838. The zero-order valence-electron chi connectivity index (χ0n) is 11.9. The molecule has 1 amide bonds. The normalized spacial score (nSPS) is 10.4. The van der Waals surface area contributed by atoms with Crippen molar-refractivity contribution in [3.05, 3.63) is 76.2 Å². The Morgan fingerprint density at radius 1 is 1.22 bits per heavy atom. The molecule has 0 unspecified atom stereocenters. The quantitative estimate of drug-likeness (QED) is 0.576. The monoisotopic (exact) mass is 312 g/mol. The molecule has 3 rings (SSSR count).